The van der Waals surface area contributed by atoms with Gasteiger partial charge in [-0.15, -0.1) is 11.7 Å². The summed E-state index contributed by atoms with van der Waals surface area (Å²) < 4.78 is 1.78. The maximum atomic E-state index is 5.45. The summed E-state index contributed by atoms with van der Waals surface area (Å²) in [4.78, 5) is 2.28. The fourth-order valence-corrected chi connectivity index (χ4v) is 1.48. The first-order valence-corrected chi connectivity index (χ1v) is 5.61. The smallest absolute Gasteiger partial charge is 0.0967 e. The fourth-order valence-electron chi connectivity index (χ4n) is 1.48. The summed E-state index contributed by atoms with van der Waals surface area (Å²) in [5, 5.41) is 8.13. The lowest BCUT2D eigenvalue weighted by molar-refractivity contribution is 0.234. The second-order valence-electron chi connectivity index (χ2n) is 4.07. The quantitative estimate of drug-likeness (QED) is 0.689. The molecule has 0 aliphatic carbocycles. The molecule has 16 heavy (non-hydrogen) atoms. The van der Waals surface area contributed by atoms with Gasteiger partial charge in [-0.25, -0.2) is 0 Å². The van der Waals surface area contributed by atoms with E-state index in [-0.39, 0.29) is 0 Å². The van der Waals surface area contributed by atoms with Crippen molar-refractivity contribution in [1.29, 1.82) is 0 Å². The highest BCUT2D eigenvalue weighted by molar-refractivity contribution is 4.93. The first-order chi connectivity index (χ1) is 7.67. The van der Waals surface area contributed by atoms with E-state index in [1.165, 1.54) is 0 Å². The topological polar surface area (TPSA) is 60.0 Å². The van der Waals surface area contributed by atoms with Crippen LogP contribution >= 0.6 is 0 Å². The second-order valence-corrected chi connectivity index (χ2v) is 4.07. The zero-order chi connectivity index (χ0) is 12.0. The minimum atomic E-state index is 0.470. The van der Waals surface area contributed by atoms with E-state index in [0.717, 1.165) is 25.3 Å². The van der Waals surface area contributed by atoms with Crippen LogP contribution < -0.4 is 5.73 Å². The van der Waals surface area contributed by atoms with Crippen molar-refractivity contribution >= 4 is 0 Å². The highest BCUT2D eigenvalue weighted by Crippen LogP contribution is 2.05. The molecule has 0 amide bonds. The van der Waals surface area contributed by atoms with Gasteiger partial charge < -0.3 is 5.73 Å². The Morgan fingerprint density at radius 1 is 1.62 bits per heavy atom. The fraction of sp³-hybridized carbons (Fsp3) is 0.636. The minimum absolute atomic E-state index is 0.470. The van der Waals surface area contributed by atoms with Gasteiger partial charge in [-0.1, -0.05) is 11.3 Å². The number of hydrogen-bond acceptors (Lipinski definition) is 4. The van der Waals surface area contributed by atoms with E-state index < -0.39 is 0 Å². The summed E-state index contributed by atoms with van der Waals surface area (Å²) in [6, 6.07) is 0.470. The molecule has 0 aromatic carbocycles. The lowest BCUT2D eigenvalue weighted by atomic mass is 10.3. The van der Waals surface area contributed by atoms with Crippen LogP contribution in [0, 0.1) is 0 Å². The van der Waals surface area contributed by atoms with Crippen LogP contribution in [0.5, 0.6) is 0 Å². The van der Waals surface area contributed by atoms with Crippen LogP contribution in [0.3, 0.4) is 0 Å². The van der Waals surface area contributed by atoms with Gasteiger partial charge in [0.05, 0.1) is 12.2 Å². The van der Waals surface area contributed by atoms with Crippen molar-refractivity contribution < 1.29 is 0 Å². The summed E-state index contributed by atoms with van der Waals surface area (Å²) in [5.74, 6) is 0. The largest absolute Gasteiger partial charge is 0.329 e. The minimum Gasteiger partial charge on any atom is -0.329 e. The van der Waals surface area contributed by atoms with Crippen LogP contribution in [-0.2, 0) is 13.1 Å². The molecule has 1 aromatic rings. The van der Waals surface area contributed by atoms with Crippen molar-refractivity contribution in [3.63, 3.8) is 0 Å². The van der Waals surface area contributed by atoms with Gasteiger partial charge >= 0.3 is 0 Å². The molecule has 0 saturated heterocycles. The molecule has 0 bridgehead atoms. The highest BCUT2D eigenvalue weighted by Gasteiger charge is 2.10. The standard InChI is InChI=1S/C11H21N5/c1-4-6-15(10(2)3)8-11-9-16(7-5-12)14-13-11/h4,9-10H,1,5-8,12H2,2-3H3. The van der Waals surface area contributed by atoms with Gasteiger partial charge in [-0.3, -0.25) is 9.58 Å². The average molecular weight is 223 g/mol. The lowest BCUT2D eigenvalue weighted by Gasteiger charge is -2.23. The second kappa shape index (κ2) is 6.40. The highest BCUT2D eigenvalue weighted by atomic mass is 15.4. The van der Waals surface area contributed by atoms with Crippen LogP contribution in [-0.4, -0.2) is 39.0 Å². The third kappa shape index (κ3) is 3.75. The molecule has 1 aromatic heterocycles. The Morgan fingerprint density at radius 2 is 2.38 bits per heavy atom. The zero-order valence-electron chi connectivity index (χ0n) is 10.1. The summed E-state index contributed by atoms with van der Waals surface area (Å²) >= 11 is 0. The van der Waals surface area contributed by atoms with E-state index in [0.29, 0.717) is 12.6 Å². The van der Waals surface area contributed by atoms with E-state index in [1.807, 2.05) is 12.3 Å². The summed E-state index contributed by atoms with van der Waals surface area (Å²) in [7, 11) is 0. The molecule has 0 saturated carbocycles. The monoisotopic (exact) mass is 223 g/mol. The predicted octanol–water partition coefficient (Wildman–Crippen LogP) is 0.633. The average Bonchev–Trinajstić information content (AvgIpc) is 2.65. The number of rotatable bonds is 7. The maximum Gasteiger partial charge on any atom is 0.0967 e. The Bertz CT molecular complexity index is 318. The van der Waals surface area contributed by atoms with Gasteiger partial charge in [-0.05, 0) is 13.8 Å². The number of aromatic nitrogens is 3. The molecule has 0 atom stereocenters. The lowest BCUT2D eigenvalue weighted by Crippen LogP contribution is -2.30. The Labute approximate surface area is 96.9 Å². The van der Waals surface area contributed by atoms with E-state index in [1.54, 1.807) is 4.68 Å². The Balaban J connectivity index is 2.58. The van der Waals surface area contributed by atoms with Crippen molar-refractivity contribution in [2.24, 2.45) is 5.73 Å². The van der Waals surface area contributed by atoms with Gasteiger partial charge in [0.2, 0.25) is 0 Å². The SMILES string of the molecule is C=CCN(Cc1cn(CCN)nn1)C(C)C. The molecule has 90 valence electrons. The van der Waals surface area contributed by atoms with Crippen LogP contribution in [0.25, 0.3) is 0 Å². The van der Waals surface area contributed by atoms with Crippen molar-refractivity contribution in [2.45, 2.75) is 33.0 Å². The van der Waals surface area contributed by atoms with Crippen molar-refractivity contribution in [1.82, 2.24) is 19.9 Å². The molecule has 0 aliphatic rings. The number of nitrogens with zero attached hydrogens (tertiary/aromatic N) is 4. The first-order valence-electron chi connectivity index (χ1n) is 5.61. The number of nitrogens with two attached hydrogens (primary N) is 1. The van der Waals surface area contributed by atoms with Gasteiger partial charge in [0.1, 0.15) is 0 Å². The molecule has 0 radical (unpaired) electrons. The van der Waals surface area contributed by atoms with Crippen molar-refractivity contribution in [3.05, 3.63) is 24.5 Å². The van der Waals surface area contributed by atoms with Gasteiger partial charge in [0.15, 0.2) is 0 Å². The van der Waals surface area contributed by atoms with Crippen LogP contribution in [0.15, 0.2) is 18.9 Å². The summed E-state index contributed by atoms with van der Waals surface area (Å²) in [6.07, 6.45) is 3.86. The zero-order valence-corrected chi connectivity index (χ0v) is 10.1. The van der Waals surface area contributed by atoms with Crippen LogP contribution in [0.1, 0.15) is 19.5 Å². The van der Waals surface area contributed by atoms with E-state index in [9.17, 15) is 0 Å². The molecule has 5 heteroatoms. The van der Waals surface area contributed by atoms with E-state index in [2.05, 4.69) is 35.6 Å². The Hall–Kier alpha value is -1.20. The predicted molar refractivity (Wildman–Crippen MR) is 64.8 cm³/mol. The van der Waals surface area contributed by atoms with Crippen molar-refractivity contribution in [2.75, 3.05) is 13.1 Å². The van der Waals surface area contributed by atoms with Crippen LogP contribution in [0.4, 0.5) is 0 Å². The van der Waals surface area contributed by atoms with Crippen LogP contribution in [0.2, 0.25) is 0 Å². The van der Waals surface area contributed by atoms with Gasteiger partial charge in [0.25, 0.3) is 0 Å². The number of hydrogen-bond donors (Lipinski definition) is 1. The Morgan fingerprint density at radius 3 is 2.94 bits per heavy atom. The van der Waals surface area contributed by atoms with Gasteiger partial charge in [0, 0.05) is 31.9 Å². The molecule has 5 nitrogen and oxygen atoms in total. The Kier molecular flexibility index (Phi) is 5.14. The third-order valence-electron chi connectivity index (χ3n) is 2.40. The molecule has 2 N–H and O–H groups in total. The first kappa shape index (κ1) is 12.9. The molecule has 0 unspecified atom stereocenters. The molecule has 0 spiro atoms. The summed E-state index contributed by atoms with van der Waals surface area (Å²) in [6.45, 7) is 11.0. The molecular weight excluding hydrogens is 202 g/mol. The molecular formula is C11H21N5. The van der Waals surface area contributed by atoms with E-state index >= 15 is 0 Å². The summed E-state index contributed by atoms with van der Waals surface area (Å²) in [5.41, 5.74) is 6.43. The third-order valence-corrected chi connectivity index (χ3v) is 2.40. The molecule has 0 aliphatic heterocycles. The van der Waals surface area contributed by atoms with Gasteiger partial charge in [-0.2, -0.15) is 0 Å². The van der Waals surface area contributed by atoms with E-state index in [4.69, 9.17) is 5.73 Å². The molecule has 0 fully saturated rings. The molecule has 1 rings (SSSR count). The van der Waals surface area contributed by atoms with Crippen molar-refractivity contribution in [3.8, 4) is 0 Å². The maximum absolute atomic E-state index is 5.45. The normalized spacial score (nSPS) is 11.3. The molecule has 1 heterocycles.